The number of nitrogens with one attached hydrogen (secondary N) is 2. The zero-order chi connectivity index (χ0) is 23.6. The van der Waals surface area contributed by atoms with E-state index in [2.05, 4.69) is 17.2 Å². The first-order chi connectivity index (χ1) is 16.0. The Morgan fingerprint density at radius 2 is 1.85 bits per heavy atom. The van der Waals surface area contributed by atoms with E-state index in [1.807, 2.05) is 24.3 Å². The largest absolute Gasteiger partial charge is 0.493 e. The molecule has 0 bridgehead atoms. The quantitative estimate of drug-likeness (QED) is 0.315. The molecule has 0 fully saturated rings. The van der Waals surface area contributed by atoms with E-state index in [1.165, 1.54) is 0 Å². The van der Waals surface area contributed by atoms with E-state index >= 15 is 0 Å². The van der Waals surface area contributed by atoms with Crippen LogP contribution < -0.4 is 29.6 Å². The lowest BCUT2D eigenvalue weighted by molar-refractivity contribution is -0.116. The number of hydrogen-bond donors (Lipinski definition) is 3. The Balaban J connectivity index is 1.49. The molecule has 1 aliphatic rings. The normalized spacial score (nSPS) is 13.5. The topological polar surface area (TPSA) is 98.3 Å². The van der Waals surface area contributed by atoms with Crippen LogP contribution in [0.15, 0.2) is 43.0 Å². The highest BCUT2D eigenvalue weighted by atomic mass is 16.5. The van der Waals surface area contributed by atoms with Gasteiger partial charge in [0.2, 0.25) is 5.91 Å². The average molecular weight is 457 g/mol. The van der Waals surface area contributed by atoms with Gasteiger partial charge in [0.25, 0.3) is 0 Å². The Labute approximate surface area is 194 Å². The highest BCUT2D eigenvalue weighted by Crippen LogP contribution is 2.39. The molecule has 2 aromatic rings. The van der Waals surface area contributed by atoms with E-state index in [4.69, 9.17) is 18.9 Å². The van der Waals surface area contributed by atoms with Crippen LogP contribution in [0.4, 0.5) is 5.69 Å². The van der Waals surface area contributed by atoms with E-state index < -0.39 is 6.10 Å². The Morgan fingerprint density at radius 1 is 1.09 bits per heavy atom. The molecular weight excluding hydrogens is 424 g/mol. The first kappa shape index (κ1) is 24.4. The number of amides is 1. The van der Waals surface area contributed by atoms with Gasteiger partial charge in [0, 0.05) is 18.5 Å². The molecule has 0 radical (unpaired) electrons. The highest BCUT2D eigenvalue weighted by Gasteiger charge is 2.23. The molecule has 0 saturated heterocycles. The molecule has 3 N–H and O–H groups in total. The minimum Gasteiger partial charge on any atom is -0.493 e. The molecular formula is C25H32N2O6. The molecule has 33 heavy (non-hydrogen) atoms. The second-order valence-corrected chi connectivity index (χ2v) is 7.67. The maximum Gasteiger partial charge on any atom is 0.224 e. The Morgan fingerprint density at radius 3 is 2.61 bits per heavy atom. The van der Waals surface area contributed by atoms with Crippen molar-refractivity contribution >= 4 is 11.6 Å². The van der Waals surface area contributed by atoms with Crippen molar-refractivity contribution in [3.05, 3.63) is 54.1 Å². The number of ether oxygens (including phenoxy) is 4. The van der Waals surface area contributed by atoms with Crippen LogP contribution in [0.3, 0.4) is 0 Å². The molecule has 1 amide bonds. The Kier molecular flexibility index (Phi) is 8.97. The van der Waals surface area contributed by atoms with Crippen molar-refractivity contribution in [1.82, 2.24) is 5.32 Å². The van der Waals surface area contributed by atoms with Gasteiger partial charge in [-0.2, -0.15) is 0 Å². The minimum atomic E-state index is -0.680. The summed E-state index contributed by atoms with van der Waals surface area (Å²) >= 11 is 0. The van der Waals surface area contributed by atoms with Crippen LogP contribution in [-0.4, -0.2) is 57.6 Å². The third-order valence-corrected chi connectivity index (χ3v) is 5.30. The predicted octanol–water partition coefficient (Wildman–Crippen LogP) is 2.73. The summed E-state index contributed by atoms with van der Waals surface area (Å²) in [5.41, 5.74) is 2.62. The minimum absolute atomic E-state index is 0.0539. The maximum atomic E-state index is 11.9. The molecule has 178 valence electrons. The fraction of sp³-hybridized carbons (Fsp3) is 0.400. The van der Waals surface area contributed by atoms with Crippen LogP contribution >= 0.6 is 0 Å². The molecule has 0 aromatic heterocycles. The Hall–Kier alpha value is -3.23. The van der Waals surface area contributed by atoms with Crippen molar-refractivity contribution in [2.24, 2.45) is 0 Å². The third-order valence-electron chi connectivity index (χ3n) is 5.30. The number of fused-ring (bicyclic) bond motifs is 1. The molecule has 3 rings (SSSR count). The van der Waals surface area contributed by atoms with Crippen molar-refractivity contribution in [3.8, 4) is 23.0 Å². The Bertz CT molecular complexity index is 962. The molecule has 0 spiro atoms. The number of methoxy groups -OCH3 is 2. The maximum absolute atomic E-state index is 11.9. The smallest absolute Gasteiger partial charge is 0.224 e. The van der Waals surface area contributed by atoms with E-state index in [0.29, 0.717) is 61.2 Å². The predicted molar refractivity (Wildman–Crippen MR) is 127 cm³/mol. The third kappa shape index (κ3) is 6.63. The van der Waals surface area contributed by atoms with Gasteiger partial charge in [-0.3, -0.25) is 4.79 Å². The number of benzene rings is 2. The van der Waals surface area contributed by atoms with Gasteiger partial charge < -0.3 is 34.7 Å². The fourth-order valence-electron chi connectivity index (χ4n) is 3.62. The van der Waals surface area contributed by atoms with Crippen molar-refractivity contribution < 1.29 is 28.8 Å². The molecule has 2 aromatic carbocycles. The lowest BCUT2D eigenvalue weighted by Gasteiger charge is -2.23. The van der Waals surface area contributed by atoms with Crippen LogP contribution in [0.1, 0.15) is 17.5 Å². The number of aliphatic hydroxyl groups is 1. The van der Waals surface area contributed by atoms with Crippen LogP contribution in [0, 0.1) is 0 Å². The van der Waals surface area contributed by atoms with Gasteiger partial charge in [-0.25, -0.2) is 0 Å². The summed E-state index contributed by atoms with van der Waals surface area (Å²) in [6, 6.07) is 9.40. The highest BCUT2D eigenvalue weighted by molar-refractivity contribution is 5.96. The van der Waals surface area contributed by atoms with Gasteiger partial charge >= 0.3 is 0 Å². The summed E-state index contributed by atoms with van der Waals surface area (Å²) in [5.74, 6) is 2.57. The number of aliphatic hydroxyl groups excluding tert-OH is 1. The summed E-state index contributed by atoms with van der Waals surface area (Å²) in [4.78, 5) is 11.9. The van der Waals surface area contributed by atoms with Crippen molar-refractivity contribution in [2.45, 2.75) is 25.4 Å². The van der Waals surface area contributed by atoms with Crippen LogP contribution in [0.25, 0.3) is 0 Å². The fourth-order valence-corrected chi connectivity index (χ4v) is 3.62. The summed E-state index contributed by atoms with van der Waals surface area (Å²) < 4.78 is 22.1. The van der Waals surface area contributed by atoms with Gasteiger partial charge in [-0.1, -0.05) is 18.7 Å². The summed E-state index contributed by atoms with van der Waals surface area (Å²) in [6.07, 6.45) is 2.69. The average Bonchev–Trinajstić information content (AvgIpc) is 2.84. The SMILES string of the molecule is C=CCOc1ccc(OCC(O)CNCCc2ccc(OC)c(OC)c2)c2c1NC(=O)CC2. The van der Waals surface area contributed by atoms with Crippen LogP contribution in [0.5, 0.6) is 23.0 Å². The van der Waals surface area contributed by atoms with Gasteiger partial charge in [0.05, 0.1) is 19.9 Å². The molecule has 1 heterocycles. The van der Waals surface area contributed by atoms with Crippen molar-refractivity contribution in [1.29, 1.82) is 0 Å². The number of rotatable bonds is 13. The van der Waals surface area contributed by atoms with Crippen molar-refractivity contribution in [2.75, 3.05) is 45.8 Å². The van der Waals surface area contributed by atoms with Gasteiger partial charge in [0.15, 0.2) is 11.5 Å². The second-order valence-electron chi connectivity index (χ2n) is 7.67. The summed E-state index contributed by atoms with van der Waals surface area (Å²) in [6.45, 7) is 5.22. The molecule has 8 heteroatoms. The first-order valence-corrected chi connectivity index (χ1v) is 11.0. The molecule has 1 aliphatic heterocycles. The second kappa shape index (κ2) is 12.1. The monoisotopic (exact) mass is 456 g/mol. The van der Waals surface area contributed by atoms with Gasteiger partial charge in [-0.15, -0.1) is 0 Å². The van der Waals surface area contributed by atoms with Crippen LogP contribution in [0.2, 0.25) is 0 Å². The standard InChI is InChI=1S/C25H32N2O6/c1-4-13-32-22-9-8-20(19-6-10-24(29)27-25(19)22)33-16-18(28)15-26-12-11-17-5-7-21(30-2)23(14-17)31-3/h4-5,7-9,14,18,26,28H,1,6,10-13,15-16H2,2-3H3,(H,27,29). The van der Waals surface area contributed by atoms with E-state index in [1.54, 1.807) is 26.4 Å². The summed E-state index contributed by atoms with van der Waals surface area (Å²) in [7, 11) is 3.22. The number of carbonyl (C=O) groups excluding carboxylic acids is 1. The van der Waals surface area contributed by atoms with Crippen LogP contribution in [-0.2, 0) is 17.6 Å². The first-order valence-electron chi connectivity index (χ1n) is 11.0. The van der Waals surface area contributed by atoms with E-state index in [-0.39, 0.29) is 12.5 Å². The molecule has 0 saturated carbocycles. The molecule has 1 atom stereocenters. The molecule has 0 aliphatic carbocycles. The van der Waals surface area contributed by atoms with Crippen molar-refractivity contribution in [3.63, 3.8) is 0 Å². The van der Waals surface area contributed by atoms with E-state index in [0.717, 1.165) is 17.5 Å². The van der Waals surface area contributed by atoms with Gasteiger partial charge in [-0.05, 0) is 49.2 Å². The summed E-state index contributed by atoms with van der Waals surface area (Å²) in [5, 5.41) is 16.5. The molecule has 8 nitrogen and oxygen atoms in total. The lowest BCUT2D eigenvalue weighted by Crippen LogP contribution is -2.32. The van der Waals surface area contributed by atoms with Gasteiger partial charge in [0.1, 0.15) is 30.8 Å². The molecule has 1 unspecified atom stereocenters. The number of hydrogen-bond acceptors (Lipinski definition) is 7. The lowest BCUT2D eigenvalue weighted by atomic mass is 10.0. The van der Waals surface area contributed by atoms with E-state index in [9.17, 15) is 9.90 Å². The number of carbonyl (C=O) groups is 1. The zero-order valence-electron chi connectivity index (χ0n) is 19.2. The zero-order valence-corrected chi connectivity index (χ0v) is 19.2. The number of anilines is 1.